The van der Waals surface area contributed by atoms with Crippen LogP contribution in [0.4, 0.5) is 5.69 Å². The van der Waals surface area contributed by atoms with Crippen molar-refractivity contribution in [1.29, 1.82) is 0 Å². The third-order valence-corrected chi connectivity index (χ3v) is 5.07. The average Bonchev–Trinajstić information content (AvgIpc) is 3.32. The number of hydrogen-bond donors (Lipinski definition) is 1. The molecule has 3 aromatic rings. The molecule has 0 aliphatic heterocycles. The second-order valence-corrected chi connectivity index (χ2v) is 6.92. The average molecular weight is 382 g/mol. The lowest BCUT2D eigenvalue weighted by molar-refractivity contribution is -0.113. The molecule has 0 saturated carbocycles. The maximum absolute atomic E-state index is 12.5. The summed E-state index contributed by atoms with van der Waals surface area (Å²) in [6.07, 6.45) is 4.22. The summed E-state index contributed by atoms with van der Waals surface area (Å²) >= 11 is 1.34. The van der Waals surface area contributed by atoms with Crippen LogP contribution in [0.2, 0.25) is 0 Å². The van der Waals surface area contributed by atoms with E-state index in [1.54, 1.807) is 18.4 Å². The van der Waals surface area contributed by atoms with Crippen LogP contribution in [-0.2, 0) is 17.8 Å². The molecule has 2 heterocycles. The van der Waals surface area contributed by atoms with Crippen LogP contribution in [0.5, 0.6) is 0 Å². The highest BCUT2D eigenvalue weighted by Gasteiger charge is 2.17. The number of nitrogens with one attached hydrogen (secondary N) is 1. The number of carbonyl (C=O) groups excluding carboxylic acids is 1. The summed E-state index contributed by atoms with van der Waals surface area (Å²) in [7, 11) is 0. The molecule has 1 aromatic carbocycles. The van der Waals surface area contributed by atoms with Gasteiger partial charge in [-0.3, -0.25) is 9.36 Å². The third kappa shape index (κ3) is 4.31. The molecule has 0 fully saturated rings. The number of anilines is 1. The first-order valence-electron chi connectivity index (χ1n) is 8.73. The molecule has 140 valence electrons. The Labute approximate surface area is 162 Å². The molecule has 27 heavy (non-hydrogen) atoms. The lowest BCUT2D eigenvalue weighted by Crippen LogP contribution is -2.16. The minimum atomic E-state index is -0.0725. The number of benzene rings is 1. The van der Waals surface area contributed by atoms with E-state index in [2.05, 4.69) is 29.0 Å². The Balaban J connectivity index is 1.72. The van der Waals surface area contributed by atoms with E-state index in [1.807, 2.05) is 35.8 Å². The Morgan fingerprint density at radius 2 is 2.19 bits per heavy atom. The van der Waals surface area contributed by atoms with Crippen molar-refractivity contribution in [2.75, 3.05) is 11.1 Å². The first-order chi connectivity index (χ1) is 13.1. The summed E-state index contributed by atoms with van der Waals surface area (Å²) in [6, 6.07) is 9.67. The van der Waals surface area contributed by atoms with Crippen LogP contribution < -0.4 is 5.32 Å². The number of aromatic nitrogens is 3. The van der Waals surface area contributed by atoms with E-state index >= 15 is 0 Å². The van der Waals surface area contributed by atoms with Crippen LogP contribution in [0.1, 0.15) is 18.1 Å². The Morgan fingerprint density at radius 3 is 2.89 bits per heavy atom. The topological polar surface area (TPSA) is 73.0 Å². The third-order valence-electron chi connectivity index (χ3n) is 4.11. The summed E-state index contributed by atoms with van der Waals surface area (Å²) in [5.41, 5.74) is 3.08. The maximum atomic E-state index is 12.5. The first kappa shape index (κ1) is 19.0. The minimum absolute atomic E-state index is 0.0725. The summed E-state index contributed by atoms with van der Waals surface area (Å²) < 4.78 is 7.30. The van der Waals surface area contributed by atoms with Gasteiger partial charge < -0.3 is 9.73 Å². The van der Waals surface area contributed by atoms with E-state index in [-0.39, 0.29) is 11.7 Å². The molecule has 1 amide bonds. The summed E-state index contributed by atoms with van der Waals surface area (Å²) in [4.78, 5) is 12.5. The van der Waals surface area contributed by atoms with Crippen molar-refractivity contribution >= 4 is 23.4 Å². The molecule has 0 bridgehead atoms. The smallest absolute Gasteiger partial charge is 0.234 e. The number of para-hydroxylation sites is 1. The van der Waals surface area contributed by atoms with Crippen LogP contribution in [0, 0.1) is 6.92 Å². The van der Waals surface area contributed by atoms with Gasteiger partial charge in [0.15, 0.2) is 10.9 Å². The van der Waals surface area contributed by atoms with Crippen LogP contribution in [0.25, 0.3) is 11.6 Å². The van der Waals surface area contributed by atoms with Gasteiger partial charge in [0.25, 0.3) is 0 Å². The van der Waals surface area contributed by atoms with E-state index in [1.165, 1.54) is 11.8 Å². The predicted octanol–water partition coefficient (Wildman–Crippen LogP) is 4.33. The number of hydrogen-bond acceptors (Lipinski definition) is 5. The zero-order chi connectivity index (χ0) is 19.2. The summed E-state index contributed by atoms with van der Waals surface area (Å²) in [5.74, 6) is 1.42. The van der Waals surface area contributed by atoms with Crippen molar-refractivity contribution in [3.05, 3.63) is 60.4 Å². The number of rotatable bonds is 8. The van der Waals surface area contributed by atoms with E-state index in [4.69, 9.17) is 4.42 Å². The molecule has 0 aliphatic rings. The lowest BCUT2D eigenvalue weighted by Gasteiger charge is -2.13. The highest BCUT2D eigenvalue weighted by Crippen LogP contribution is 2.25. The van der Waals surface area contributed by atoms with Crippen molar-refractivity contribution in [3.8, 4) is 11.6 Å². The van der Waals surface area contributed by atoms with E-state index < -0.39 is 0 Å². The Morgan fingerprint density at radius 1 is 1.33 bits per heavy atom. The van der Waals surface area contributed by atoms with Crippen LogP contribution >= 0.6 is 11.8 Å². The van der Waals surface area contributed by atoms with Gasteiger partial charge in [0.1, 0.15) is 0 Å². The molecule has 0 aliphatic carbocycles. The Hall–Kier alpha value is -2.80. The van der Waals surface area contributed by atoms with Gasteiger partial charge in [-0.05, 0) is 36.6 Å². The van der Waals surface area contributed by atoms with Gasteiger partial charge >= 0.3 is 0 Å². The fourth-order valence-corrected chi connectivity index (χ4v) is 3.53. The number of amides is 1. The van der Waals surface area contributed by atoms with Crippen molar-refractivity contribution in [1.82, 2.24) is 14.8 Å². The first-order valence-corrected chi connectivity index (χ1v) is 9.71. The fourth-order valence-electron chi connectivity index (χ4n) is 2.78. The molecule has 1 N–H and O–H groups in total. The van der Waals surface area contributed by atoms with Crippen LogP contribution in [0.3, 0.4) is 0 Å². The standard InChI is InChI=1S/C20H22N4O2S/c1-4-11-24-19(16-10-7-12-26-16)22-23-20(24)27-13-17(25)21-18-14(3)8-6-9-15(18)5-2/h4,6-10,12H,1,5,11,13H2,2-3H3,(H,21,25). The van der Waals surface area contributed by atoms with Gasteiger partial charge in [-0.1, -0.05) is 43.0 Å². The monoisotopic (exact) mass is 382 g/mol. The van der Waals surface area contributed by atoms with Gasteiger partial charge in [-0.25, -0.2) is 0 Å². The highest BCUT2D eigenvalue weighted by atomic mass is 32.2. The van der Waals surface area contributed by atoms with Crippen molar-refractivity contribution < 1.29 is 9.21 Å². The summed E-state index contributed by atoms with van der Waals surface area (Å²) in [6.45, 7) is 8.39. The minimum Gasteiger partial charge on any atom is -0.461 e. The van der Waals surface area contributed by atoms with Gasteiger partial charge in [-0.15, -0.1) is 16.8 Å². The fraction of sp³-hybridized carbons (Fsp3) is 0.250. The molecule has 0 spiro atoms. The number of carbonyl (C=O) groups is 1. The van der Waals surface area contributed by atoms with E-state index in [9.17, 15) is 4.79 Å². The van der Waals surface area contributed by atoms with Gasteiger partial charge in [0, 0.05) is 12.2 Å². The normalized spacial score (nSPS) is 10.7. The van der Waals surface area contributed by atoms with E-state index in [0.717, 1.165) is 23.2 Å². The summed E-state index contributed by atoms with van der Waals surface area (Å²) in [5, 5.41) is 12.1. The molecule has 0 unspecified atom stereocenters. The van der Waals surface area contributed by atoms with Crippen LogP contribution in [0.15, 0.2) is 58.8 Å². The molecule has 0 radical (unpaired) electrons. The highest BCUT2D eigenvalue weighted by molar-refractivity contribution is 7.99. The Bertz CT molecular complexity index is 932. The molecular formula is C20H22N4O2S. The SMILES string of the molecule is C=CCn1c(SCC(=O)Nc2c(C)cccc2CC)nnc1-c1ccco1. The zero-order valence-electron chi connectivity index (χ0n) is 15.4. The number of aryl methyl sites for hydroxylation is 2. The predicted molar refractivity (Wildman–Crippen MR) is 108 cm³/mol. The number of nitrogens with zero attached hydrogens (tertiary/aromatic N) is 3. The van der Waals surface area contributed by atoms with Gasteiger partial charge in [-0.2, -0.15) is 0 Å². The van der Waals surface area contributed by atoms with E-state index in [0.29, 0.717) is 23.3 Å². The number of thioether (sulfide) groups is 1. The zero-order valence-corrected chi connectivity index (χ0v) is 16.3. The molecule has 7 heteroatoms. The van der Waals surface area contributed by atoms with Crippen molar-refractivity contribution in [2.24, 2.45) is 0 Å². The van der Waals surface area contributed by atoms with Crippen LogP contribution in [-0.4, -0.2) is 26.4 Å². The lowest BCUT2D eigenvalue weighted by atomic mass is 10.1. The van der Waals surface area contributed by atoms with Crippen molar-refractivity contribution in [2.45, 2.75) is 32.0 Å². The quantitative estimate of drug-likeness (QED) is 0.464. The van der Waals surface area contributed by atoms with Gasteiger partial charge in [0.05, 0.1) is 12.0 Å². The maximum Gasteiger partial charge on any atom is 0.234 e. The number of allylic oxidation sites excluding steroid dienone is 1. The molecule has 0 saturated heterocycles. The molecule has 6 nitrogen and oxygen atoms in total. The second-order valence-electron chi connectivity index (χ2n) is 5.98. The Kier molecular flexibility index (Phi) is 6.13. The molecule has 3 rings (SSSR count). The second kappa shape index (κ2) is 8.73. The van der Waals surface area contributed by atoms with Gasteiger partial charge in [0.2, 0.25) is 11.7 Å². The molecule has 0 atom stereocenters. The molecule has 2 aromatic heterocycles. The largest absolute Gasteiger partial charge is 0.461 e. The molecular weight excluding hydrogens is 360 g/mol. The van der Waals surface area contributed by atoms with Crippen molar-refractivity contribution in [3.63, 3.8) is 0 Å². The number of furan rings is 1.